The zero-order valence-electron chi connectivity index (χ0n) is 23.7. The van der Waals surface area contributed by atoms with Crippen LogP contribution < -0.4 is 10.6 Å². The van der Waals surface area contributed by atoms with Crippen LogP contribution in [-0.4, -0.2) is 62.2 Å². The van der Waals surface area contributed by atoms with Gasteiger partial charge >= 0.3 is 12.3 Å². The second-order valence-electron chi connectivity index (χ2n) is 10.4. The van der Waals surface area contributed by atoms with Crippen LogP contribution in [0.25, 0.3) is 0 Å². The molecule has 0 saturated carbocycles. The first-order valence-electron chi connectivity index (χ1n) is 13.8. The quantitative estimate of drug-likeness (QED) is 0.231. The fourth-order valence-corrected chi connectivity index (χ4v) is 5.11. The second-order valence-corrected chi connectivity index (χ2v) is 11.3. The molecule has 3 aromatic rings. The Bertz CT molecular complexity index is 1370. The van der Waals surface area contributed by atoms with Crippen molar-refractivity contribution in [3.8, 4) is 0 Å². The van der Waals surface area contributed by atoms with Crippen molar-refractivity contribution in [3.05, 3.63) is 99.5 Å². The van der Waals surface area contributed by atoms with Crippen molar-refractivity contribution in [1.29, 1.82) is 0 Å². The van der Waals surface area contributed by atoms with Crippen LogP contribution in [0.4, 0.5) is 32.4 Å². The van der Waals surface area contributed by atoms with Gasteiger partial charge in [0.25, 0.3) is 0 Å². The second kappa shape index (κ2) is 15.0. The zero-order chi connectivity index (χ0) is 31.9. The number of rotatable bonds is 10. The molecular formula is C31H31BrF5N3O4. The molecule has 1 aliphatic heterocycles. The molecule has 0 bridgehead atoms. The molecule has 0 unspecified atom stereocenters. The highest BCUT2D eigenvalue weighted by molar-refractivity contribution is 9.10. The van der Waals surface area contributed by atoms with Gasteiger partial charge in [0, 0.05) is 41.7 Å². The number of nitrogens with one attached hydrogen (secondary N) is 2. The summed E-state index contributed by atoms with van der Waals surface area (Å²) in [6.07, 6.45) is -6.44. The molecule has 3 atom stereocenters. The van der Waals surface area contributed by atoms with Crippen molar-refractivity contribution in [2.45, 2.75) is 43.7 Å². The molecule has 4 rings (SSSR count). The molecule has 3 aromatic carbocycles. The Labute approximate surface area is 259 Å². The highest BCUT2D eigenvalue weighted by atomic mass is 79.9. The molecule has 13 heteroatoms. The van der Waals surface area contributed by atoms with E-state index in [1.165, 1.54) is 24.3 Å². The Morgan fingerprint density at radius 2 is 1.73 bits per heavy atom. The summed E-state index contributed by atoms with van der Waals surface area (Å²) in [6, 6.07) is 17.8. The van der Waals surface area contributed by atoms with Crippen LogP contribution in [0.2, 0.25) is 0 Å². The van der Waals surface area contributed by atoms with Gasteiger partial charge < -0.3 is 19.7 Å². The van der Waals surface area contributed by atoms with E-state index in [1.807, 2.05) is 24.3 Å². The van der Waals surface area contributed by atoms with Crippen LogP contribution in [0.1, 0.15) is 35.4 Å². The standard InChI is InChI=1S/C31H31BrF5N3O4/c1-40(18-31(35,36)37)30(42)44-29-17-43-23(16-38-29)13-14-24-26(34)3-2-4-27(24)39-28(41)15-25(19-5-9-21(32)10-6-19)20-7-11-22(33)12-8-20/h2-12,23,25,29,38H,13-18H2,1H3,(H,39,41)/t23-,25+,29+/m1/s1. The number of carbonyl (C=O) groups is 2. The highest BCUT2D eigenvalue weighted by Gasteiger charge is 2.33. The normalized spacial score (nSPS) is 17.5. The first kappa shape index (κ1) is 33.3. The van der Waals surface area contributed by atoms with Crippen molar-refractivity contribution in [2.75, 3.05) is 32.1 Å². The van der Waals surface area contributed by atoms with Crippen molar-refractivity contribution in [2.24, 2.45) is 0 Å². The minimum absolute atomic E-state index is 0.0249. The summed E-state index contributed by atoms with van der Waals surface area (Å²) in [5.41, 5.74) is 2.20. The van der Waals surface area contributed by atoms with Gasteiger partial charge in [0.2, 0.25) is 5.91 Å². The molecule has 0 aliphatic carbocycles. The molecule has 0 radical (unpaired) electrons. The molecule has 2 N–H and O–H groups in total. The van der Waals surface area contributed by atoms with Gasteiger partial charge in [0.15, 0.2) is 6.23 Å². The van der Waals surface area contributed by atoms with E-state index in [4.69, 9.17) is 9.47 Å². The third kappa shape index (κ3) is 9.73. The molecule has 1 fully saturated rings. The van der Waals surface area contributed by atoms with E-state index in [0.29, 0.717) is 17.0 Å². The van der Waals surface area contributed by atoms with Crippen LogP contribution in [0, 0.1) is 11.6 Å². The molecule has 44 heavy (non-hydrogen) atoms. The smallest absolute Gasteiger partial charge is 0.411 e. The molecule has 1 aliphatic rings. The van der Waals surface area contributed by atoms with E-state index < -0.39 is 37.0 Å². The lowest BCUT2D eigenvalue weighted by atomic mass is 9.88. The number of ether oxygens (including phenoxy) is 2. The summed E-state index contributed by atoms with van der Waals surface area (Å²) in [5.74, 6) is -1.63. The maximum atomic E-state index is 14.9. The predicted molar refractivity (Wildman–Crippen MR) is 157 cm³/mol. The molecule has 2 amide bonds. The number of morpholine rings is 1. The van der Waals surface area contributed by atoms with Crippen LogP contribution in [0.15, 0.2) is 71.2 Å². The third-order valence-corrected chi connectivity index (χ3v) is 7.60. The Morgan fingerprint density at radius 3 is 2.34 bits per heavy atom. The topological polar surface area (TPSA) is 79.9 Å². The number of anilines is 1. The van der Waals surface area contributed by atoms with Crippen molar-refractivity contribution < 1.29 is 41.0 Å². The number of alkyl halides is 3. The average molecular weight is 685 g/mol. The summed E-state index contributed by atoms with van der Waals surface area (Å²) in [4.78, 5) is 25.6. The lowest BCUT2D eigenvalue weighted by molar-refractivity contribution is -0.143. The minimum Gasteiger partial charge on any atom is -0.428 e. The number of hydrogen-bond acceptors (Lipinski definition) is 5. The summed E-state index contributed by atoms with van der Waals surface area (Å²) < 4.78 is 77.7. The first-order chi connectivity index (χ1) is 20.9. The number of carbonyl (C=O) groups excluding carboxylic acids is 2. The van der Waals surface area contributed by atoms with Gasteiger partial charge in [-0.15, -0.1) is 0 Å². The van der Waals surface area contributed by atoms with Crippen LogP contribution >= 0.6 is 15.9 Å². The van der Waals surface area contributed by atoms with Crippen LogP contribution in [0.3, 0.4) is 0 Å². The van der Waals surface area contributed by atoms with Crippen molar-refractivity contribution in [3.63, 3.8) is 0 Å². The lowest BCUT2D eigenvalue weighted by Crippen LogP contribution is -2.50. The Kier molecular flexibility index (Phi) is 11.3. The number of amides is 2. The Balaban J connectivity index is 1.35. The van der Waals surface area contributed by atoms with E-state index in [1.54, 1.807) is 18.2 Å². The van der Waals surface area contributed by atoms with Crippen molar-refractivity contribution >= 4 is 33.6 Å². The molecule has 0 spiro atoms. The van der Waals surface area contributed by atoms with Gasteiger partial charge in [-0.25, -0.2) is 13.6 Å². The molecule has 1 heterocycles. The SMILES string of the molecule is CN(CC(F)(F)F)C(=O)O[C@H]1CO[C@H](CCc2c(F)cccc2NC(=O)C[C@H](c2ccc(F)cc2)c2ccc(Br)cc2)CN1. The van der Waals surface area contributed by atoms with Gasteiger partial charge in [0.1, 0.15) is 18.2 Å². The number of benzene rings is 3. The maximum absolute atomic E-state index is 14.9. The minimum atomic E-state index is -4.55. The molecule has 0 aromatic heterocycles. The summed E-state index contributed by atoms with van der Waals surface area (Å²) in [6.45, 7) is -1.33. The van der Waals surface area contributed by atoms with Crippen LogP contribution in [0.5, 0.6) is 0 Å². The van der Waals surface area contributed by atoms with E-state index in [2.05, 4.69) is 26.6 Å². The van der Waals surface area contributed by atoms with Crippen LogP contribution in [-0.2, 0) is 20.7 Å². The fourth-order valence-electron chi connectivity index (χ4n) is 4.85. The largest absolute Gasteiger partial charge is 0.428 e. The molecule has 1 saturated heterocycles. The average Bonchev–Trinajstić information content (AvgIpc) is 2.96. The van der Waals surface area contributed by atoms with Gasteiger partial charge in [-0.1, -0.05) is 46.3 Å². The molecular weight excluding hydrogens is 653 g/mol. The van der Waals surface area contributed by atoms with E-state index in [9.17, 15) is 31.5 Å². The van der Waals surface area contributed by atoms with Gasteiger partial charge in [-0.2, -0.15) is 13.2 Å². The molecule has 7 nitrogen and oxygen atoms in total. The van der Waals surface area contributed by atoms with E-state index in [-0.39, 0.29) is 49.2 Å². The number of hydrogen-bond donors (Lipinski definition) is 2. The van der Waals surface area contributed by atoms with Gasteiger partial charge in [-0.3, -0.25) is 10.1 Å². The monoisotopic (exact) mass is 683 g/mol. The summed E-state index contributed by atoms with van der Waals surface area (Å²) in [5, 5.41) is 5.74. The first-order valence-corrected chi connectivity index (χ1v) is 14.6. The predicted octanol–water partition coefficient (Wildman–Crippen LogP) is 6.77. The Morgan fingerprint density at radius 1 is 1.07 bits per heavy atom. The Hall–Kier alpha value is -3.55. The zero-order valence-corrected chi connectivity index (χ0v) is 25.3. The van der Waals surface area contributed by atoms with Gasteiger partial charge in [0.05, 0.1) is 12.7 Å². The van der Waals surface area contributed by atoms with Crippen molar-refractivity contribution in [1.82, 2.24) is 10.2 Å². The summed E-state index contributed by atoms with van der Waals surface area (Å²) >= 11 is 3.41. The third-order valence-electron chi connectivity index (χ3n) is 7.07. The van der Waals surface area contributed by atoms with E-state index >= 15 is 0 Å². The number of halogens is 6. The summed E-state index contributed by atoms with van der Waals surface area (Å²) in [7, 11) is 0.983. The van der Waals surface area contributed by atoms with E-state index in [0.717, 1.165) is 22.6 Å². The lowest BCUT2D eigenvalue weighted by Gasteiger charge is -2.31. The highest BCUT2D eigenvalue weighted by Crippen LogP contribution is 2.31. The van der Waals surface area contributed by atoms with Gasteiger partial charge in [-0.05, 0) is 60.4 Å². The maximum Gasteiger partial charge on any atom is 0.411 e. The number of nitrogens with zero attached hydrogens (tertiary/aromatic N) is 1. The molecule has 236 valence electrons. The fraction of sp³-hybridized carbons (Fsp3) is 0.355.